The lowest BCUT2D eigenvalue weighted by atomic mass is 9.96. The van der Waals surface area contributed by atoms with Crippen molar-refractivity contribution in [1.29, 1.82) is 0 Å². The zero-order valence-corrected chi connectivity index (χ0v) is 37.0. The summed E-state index contributed by atoms with van der Waals surface area (Å²) in [6.45, 7) is 0. The van der Waals surface area contributed by atoms with Crippen LogP contribution < -0.4 is 0 Å². The minimum absolute atomic E-state index is 0.613. The summed E-state index contributed by atoms with van der Waals surface area (Å²) in [5.74, 6) is 1.88. The first-order chi connectivity index (χ1) is 34.2. The van der Waals surface area contributed by atoms with Crippen LogP contribution in [0.25, 0.3) is 139 Å². The number of hydrogen-bond acceptors (Lipinski definition) is 5. The second-order valence-corrected chi connectivity index (χ2v) is 17.5. The molecule has 69 heavy (non-hydrogen) atoms. The van der Waals surface area contributed by atoms with Crippen LogP contribution in [0, 0.1) is 0 Å². The van der Waals surface area contributed by atoms with Gasteiger partial charge in [-0.2, -0.15) is 0 Å². The fourth-order valence-corrected chi connectivity index (χ4v) is 10.2. The van der Waals surface area contributed by atoms with E-state index in [-0.39, 0.29) is 0 Å². The summed E-state index contributed by atoms with van der Waals surface area (Å²) in [7, 11) is 0. The molecule has 10 aromatic carbocycles. The van der Waals surface area contributed by atoms with Crippen LogP contribution in [0.15, 0.2) is 239 Å². The van der Waals surface area contributed by atoms with Crippen molar-refractivity contribution in [3.8, 4) is 73.2 Å². The van der Waals surface area contributed by atoms with Crippen molar-refractivity contribution in [3.63, 3.8) is 0 Å². The maximum Gasteiger partial charge on any atom is 0.164 e. The second-order valence-electron chi connectivity index (χ2n) is 17.5. The van der Waals surface area contributed by atoms with E-state index in [2.05, 4.69) is 174 Å². The van der Waals surface area contributed by atoms with Crippen molar-refractivity contribution < 1.29 is 8.83 Å². The summed E-state index contributed by atoms with van der Waals surface area (Å²) < 4.78 is 15.8. The lowest BCUT2D eigenvalue weighted by Crippen LogP contribution is -2.00. The van der Waals surface area contributed by atoms with Gasteiger partial charge in [-0.15, -0.1) is 0 Å². The maximum atomic E-state index is 6.83. The number of nitrogens with zero attached hydrogens (tertiary/aromatic N) is 4. The first-order valence-corrected chi connectivity index (χ1v) is 23.2. The molecule has 0 saturated carbocycles. The third kappa shape index (κ3) is 6.45. The van der Waals surface area contributed by atoms with Crippen LogP contribution in [0.2, 0.25) is 0 Å². The summed E-state index contributed by atoms with van der Waals surface area (Å²) in [5, 5.41) is 6.67. The van der Waals surface area contributed by atoms with Crippen molar-refractivity contribution in [2.45, 2.75) is 0 Å². The molecule has 4 aromatic heterocycles. The molecule has 0 aliphatic heterocycles. The Bertz CT molecular complexity index is 4250. The molecular weight excluding hydrogens is 845 g/mol. The van der Waals surface area contributed by atoms with E-state index in [4.69, 9.17) is 23.8 Å². The predicted molar refractivity (Wildman–Crippen MR) is 281 cm³/mol. The molecule has 6 nitrogen and oxygen atoms in total. The van der Waals surface area contributed by atoms with Gasteiger partial charge in [0, 0.05) is 49.0 Å². The molecule has 0 fully saturated rings. The average molecular weight is 883 g/mol. The standard InChI is InChI=1S/C63H38N4O2/c1-4-15-39(16-5-1)43-30-33-54-51(36-43)48-23-10-11-26-53(48)67(54)55-27-13-25-49-52-37-45(31-34-56(52)69-60(49)55)47-24-14-28-57-59(47)50-32-29-44(38-58(50)68-57)42-21-12-22-46(35-42)63-65-61(40-17-6-2-7-18-40)64-62(66-63)41-19-8-3-9-20-41/h1-38H. The van der Waals surface area contributed by atoms with Gasteiger partial charge in [0.1, 0.15) is 16.7 Å². The Balaban J connectivity index is 0.846. The van der Waals surface area contributed by atoms with Crippen molar-refractivity contribution in [3.05, 3.63) is 231 Å². The zero-order valence-electron chi connectivity index (χ0n) is 37.0. The van der Waals surface area contributed by atoms with Gasteiger partial charge in [0.15, 0.2) is 23.1 Å². The fourth-order valence-electron chi connectivity index (χ4n) is 10.2. The van der Waals surface area contributed by atoms with Crippen molar-refractivity contribution >= 4 is 65.7 Å². The van der Waals surface area contributed by atoms with Crippen LogP contribution in [-0.2, 0) is 0 Å². The number of hydrogen-bond donors (Lipinski definition) is 0. The first kappa shape index (κ1) is 38.8. The van der Waals surface area contributed by atoms with E-state index in [1.54, 1.807) is 0 Å². The normalized spacial score (nSPS) is 11.8. The summed E-state index contributed by atoms with van der Waals surface area (Å²) >= 11 is 0. The van der Waals surface area contributed by atoms with Crippen LogP contribution in [0.3, 0.4) is 0 Å². The lowest BCUT2D eigenvalue weighted by molar-refractivity contribution is 0.666. The summed E-state index contributed by atoms with van der Waals surface area (Å²) in [5.41, 5.74) is 16.1. The maximum absolute atomic E-state index is 6.83. The Morgan fingerprint density at radius 3 is 1.64 bits per heavy atom. The number of para-hydroxylation sites is 2. The Morgan fingerprint density at radius 2 is 0.855 bits per heavy atom. The average Bonchev–Trinajstić information content (AvgIpc) is 4.10. The van der Waals surface area contributed by atoms with Gasteiger partial charge in [-0.05, 0) is 94.0 Å². The van der Waals surface area contributed by atoms with Gasteiger partial charge >= 0.3 is 0 Å². The van der Waals surface area contributed by atoms with Crippen LogP contribution in [0.4, 0.5) is 0 Å². The highest BCUT2D eigenvalue weighted by atomic mass is 16.3. The Hall–Kier alpha value is -9.39. The van der Waals surface area contributed by atoms with Gasteiger partial charge in [0.2, 0.25) is 0 Å². The largest absolute Gasteiger partial charge is 0.456 e. The van der Waals surface area contributed by atoms with E-state index in [9.17, 15) is 0 Å². The van der Waals surface area contributed by atoms with Gasteiger partial charge < -0.3 is 13.4 Å². The van der Waals surface area contributed by atoms with Gasteiger partial charge in [-0.1, -0.05) is 170 Å². The molecule has 0 aliphatic rings. The van der Waals surface area contributed by atoms with Gasteiger partial charge in [-0.25, -0.2) is 15.0 Å². The molecule has 0 saturated heterocycles. The van der Waals surface area contributed by atoms with Crippen LogP contribution in [-0.4, -0.2) is 19.5 Å². The quantitative estimate of drug-likeness (QED) is 0.159. The molecule has 0 radical (unpaired) electrons. The molecule has 0 atom stereocenters. The Labute approximate surface area is 396 Å². The van der Waals surface area contributed by atoms with Crippen LogP contribution in [0.5, 0.6) is 0 Å². The predicted octanol–water partition coefficient (Wildman–Crippen LogP) is 16.8. The molecule has 14 rings (SSSR count). The van der Waals surface area contributed by atoms with Gasteiger partial charge in [0.05, 0.1) is 16.7 Å². The Morgan fingerprint density at radius 1 is 0.290 bits per heavy atom. The highest BCUT2D eigenvalue weighted by Crippen LogP contribution is 2.43. The van der Waals surface area contributed by atoms with Gasteiger partial charge in [-0.3, -0.25) is 0 Å². The molecule has 0 spiro atoms. The molecule has 322 valence electrons. The number of rotatable bonds is 7. The van der Waals surface area contributed by atoms with E-state index in [0.717, 1.165) is 99.5 Å². The zero-order chi connectivity index (χ0) is 45.4. The molecule has 0 aliphatic carbocycles. The van der Waals surface area contributed by atoms with E-state index in [1.165, 1.54) is 21.9 Å². The SMILES string of the molecule is c1ccc(-c2ccc3c(c2)c2ccccc2n3-c2cccc3c2oc2ccc(-c4cccc5oc6cc(-c7cccc(-c8nc(-c9ccccc9)nc(-c9ccccc9)n8)c7)ccc6c45)cc23)cc1. The molecule has 0 N–H and O–H groups in total. The minimum Gasteiger partial charge on any atom is -0.456 e. The topological polar surface area (TPSA) is 69.9 Å². The molecule has 0 bridgehead atoms. The number of aromatic nitrogens is 4. The minimum atomic E-state index is 0.613. The molecule has 4 heterocycles. The number of benzene rings is 10. The van der Waals surface area contributed by atoms with Crippen molar-refractivity contribution in [2.75, 3.05) is 0 Å². The summed E-state index contributed by atoms with van der Waals surface area (Å²) in [6, 6.07) is 80.4. The van der Waals surface area contributed by atoms with Crippen molar-refractivity contribution in [2.24, 2.45) is 0 Å². The highest BCUT2D eigenvalue weighted by Gasteiger charge is 2.20. The van der Waals surface area contributed by atoms with E-state index in [1.807, 2.05) is 60.7 Å². The fraction of sp³-hybridized carbons (Fsp3) is 0. The summed E-state index contributed by atoms with van der Waals surface area (Å²) in [6.07, 6.45) is 0. The molecule has 6 heteroatoms. The van der Waals surface area contributed by atoms with E-state index in [0.29, 0.717) is 17.5 Å². The van der Waals surface area contributed by atoms with Crippen LogP contribution >= 0.6 is 0 Å². The molecule has 14 aromatic rings. The smallest absolute Gasteiger partial charge is 0.164 e. The van der Waals surface area contributed by atoms with E-state index < -0.39 is 0 Å². The third-order valence-corrected chi connectivity index (χ3v) is 13.5. The first-order valence-electron chi connectivity index (χ1n) is 23.2. The number of furan rings is 2. The monoisotopic (exact) mass is 882 g/mol. The van der Waals surface area contributed by atoms with Crippen LogP contribution in [0.1, 0.15) is 0 Å². The van der Waals surface area contributed by atoms with Gasteiger partial charge in [0.25, 0.3) is 0 Å². The molecule has 0 unspecified atom stereocenters. The third-order valence-electron chi connectivity index (χ3n) is 13.5. The van der Waals surface area contributed by atoms with Crippen molar-refractivity contribution in [1.82, 2.24) is 19.5 Å². The number of fused-ring (bicyclic) bond motifs is 9. The molecular formula is C63H38N4O2. The molecule has 0 amide bonds. The van der Waals surface area contributed by atoms with E-state index >= 15 is 0 Å². The lowest BCUT2D eigenvalue weighted by Gasteiger charge is -2.09. The Kier molecular flexibility index (Phi) is 8.79. The summed E-state index contributed by atoms with van der Waals surface area (Å²) in [4.78, 5) is 14.9. The second kappa shape index (κ2) is 15.6. The highest BCUT2D eigenvalue weighted by molar-refractivity contribution is 6.16.